The lowest BCUT2D eigenvalue weighted by molar-refractivity contribution is 0.184. The van der Waals surface area contributed by atoms with Gasteiger partial charge in [0.05, 0.1) is 0 Å². The minimum absolute atomic E-state index is 0.218. The molecule has 2 nitrogen and oxygen atoms in total. The van der Waals surface area contributed by atoms with E-state index in [-0.39, 0.29) is 5.54 Å². The zero-order chi connectivity index (χ0) is 14.7. The van der Waals surface area contributed by atoms with E-state index in [9.17, 15) is 0 Å². The highest BCUT2D eigenvalue weighted by Gasteiger charge is 2.25. The van der Waals surface area contributed by atoms with Gasteiger partial charge in [0.25, 0.3) is 0 Å². The second kappa shape index (κ2) is 6.41. The van der Waals surface area contributed by atoms with E-state index in [1.54, 1.807) is 5.57 Å². The van der Waals surface area contributed by atoms with Crippen molar-refractivity contribution in [2.45, 2.75) is 72.9 Å². The van der Waals surface area contributed by atoms with Gasteiger partial charge in [-0.15, -0.1) is 0 Å². The second-order valence-electron chi connectivity index (χ2n) is 7.92. The molecule has 0 aromatic carbocycles. The average molecular weight is 266 g/mol. The van der Waals surface area contributed by atoms with Gasteiger partial charge in [0.1, 0.15) is 0 Å². The van der Waals surface area contributed by atoms with Crippen molar-refractivity contribution < 1.29 is 0 Å². The van der Waals surface area contributed by atoms with Gasteiger partial charge < -0.3 is 5.32 Å². The summed E-state index contributed by atoms with van der Waals surface area (Å²) in [6.07, 6.45) is 4.92. The number of hydrogen-bond donors (Lipinski definition) is 1. The fourth-order valence-corrected chi connectivity index (χ4v) is 2.65. The summed E-state index contributed by atoms with van der Waals surface area (Å²) < 4.78 is 0. The largest absolute Gasteiger partial charge is 0.311 e. The fraction of sp³-hybridized carbons (Fsp3) is 0.882. The Labute approximate surface area is 120 Å². The topological polar surface area (TPSA) is 15.3 Å². The van der Waals surface area contributed by atoms with E-state index in [0.717, 1.165) is 13.1 Å². The van der Waals surface area contributed by atoms with Gasteiger partial charge in [-0.25, -0.2) is 0 Å². The smallest absolute Gasteiger partial charge is 0.0221 e. The van der Waals surface area contributed by atoms with E-state index >= 15 is 0 Å². The first-order chi connectivity index (χ1) is 8.63. The van der Waals surface area contributed by atoms with Gasteiger partial charge in [-0.05, 0) is 39.0 Å². The summed E-state index contributed by atoms with van der Waals surface area (Å²) in [5.74, 6) is 0. The lowest BCUT2D eigenvalue weighted by Gasteiger charge is -2.37. The van der Waals surface area contributed by atoms with E-state index in [1.807, 2.05) is 0 Å². The summed E-state index contributed by atoms with van der Waals surface area (Å²) in [6, 6.07) is 0.664. The molecule has 1 heterocycles. The molecule has 0 fully saturated rings. The van der Waals surface area contributed by atoms with Gasteiger partial charge in [-0.2, -0.15) is 0 Å². The van der Waals surface area contributed by atoms with Crippen LogP contribution in [0.15, 0.2) is 11.6 Å². The van der Waals surface area contributed by atoms with Crippen LogP contribution in [-0.4, -0.2) is 36.1 Å². The molecule has 0 saturated heterocycles. The van der Waals surface area contributed by atoms with Crippen LogP contribution in [0.1, 0.15) is 61.3 Å². The van der Waals surface area contributed by atoms with Gasteiger partial charge in [0.2, 0.25) is 0 Å². The van der Waals surface area contributed by atoms with E-state index in [2.05, 4.69) is 64.8 Å². The third-order valence-corrected chi connectivity index (χ3v) is 4.06. The lowest BCUT2D eigenvalue weighted by atomic mass is 9.82. The van der Waals surface area contributed by atoms with Crippen molar-refractivity contribution in [1.82, 2.24) is 10.2 Å². The molecule has 19 heavy (non-hydrogen) atoms. The van der Waals surface area contributed by atoms with Gasteiger partial charge in [-0.1, -0.05) is 39.3 Å². The van der Waals surface area contributed by atoms with Gasteiger partial charge >= 0.3 is 0 Å². The normalized spacial score (nSPS) is 20.3. The summed E-state index contributed by atoms with van der Waals surface area (Å²) in [5.41, 5.74) is 2.19. The Hall–Kier alpha value is -0.340. The molecule has 0 radical (unpaired) electrons. The zero-order valence-electron chi connectivity index (χ0n) is 14.1. The fourth-order valence-electron chi connectivity index (χ4n) is 2.65. The van der Waals surface area contributed by atoms with Gasteiger partial charge in [-0.3, -0.25) is 4.90 Å². The third kappa shape index (κ3) is 5.66. The number of hydrogen-bond acceptors (Lipinski definition) is 2. The Morgan fingerprint density at radius 3 is 2.21 bits per heavy atom. The first-order valence-corrected chi connectivity index (χ1v) is 7.82. The van der Waals surface area contributed by atoms with Crippen molar-refractivity contribution in [1.29, 1.82) is 0 Å². The molecule has 0 aliphatic carbocycles. The molecule has 1 aliphatic heterocycles. The molecule has 1 atom stereocenters. The zero-order valence-corrected chi connectivity index (χ0v) is 14.1. The highest BCUT2D eigenvalue weighted by molar-refractivity contribution is 5.15. The van der Waals surface area contributed by atoms with Crippen LogP contribution in [0.4, 0.5) is 0 Å². The van der Waals surface area contributed by atoms with Crippen LogP contribution >= 0.6 is 0 Å². The van der Waals surface area contributed by atoms with Gasteiger partial charge in [0, 0.05) is 31.2 Å². The molecular weight excluding hydrogens is 232 g/mol. The predicted octanol–water partition coefficient (Wildman–Crippen LogP) is 3.83. The van der Waals surface area contributed by atoms with Crippen LogP contribution in [-0.2, 0) is 0 Å². The number of rotatable bonds is 4. The van der Waals surface area contributed by atoms with Crippen LogP contribution in [0.25, 0.3) is 0 Å². The third-order valence-electron chi connectivity index (χ3n) is 4.06. The molecule has 112 valence electrons. The number of nitrogens with zero attached hydrogens (tertiary/aromatic N) is 1. The Kier molecular flexibility index (Phi) is 5.64. The molecule has 0 bridgehead atoms. The summed E-state index contributed by atoms with van der Waals surface area (Å²) in [7, 11) is 0. The molecule has 1 rings (SSSR count). The molecule has 1 aliphatic rings. The van der Waals surface area contributed by atoms with Crippen LogP contribution in [0, 0.1) is 5.41 Å². The minimum Gasteiger partial charge on any atom is -0.311 e. The second-order valence-corrected chi connectivity index (χ2v) is 7.92. The quantitative estimate of drug-likeness (QED) is 0.778. The molecule has 1 N–H and O–H groups in total. The Morgan fingerprint density at radius 2 is 1.84 bits per heavy atom. The summed E-state index contributed by atoms with van der Waals surface area (Å²) in [6.45, 7) is 19.4. The molecule has 0 aromatic rings. The standard InChI is InChI=1S/C17H34N2/c1-8-15(13-18-17(5,6)7)19-11-9-14(10-12-19)16(2,3)4/h9,15,18H,8,10-13H2,1-7H3. The highest BCUT2D eigenvalue weighted by Crippen LogP contribution is 2.30. The maximum absolute atomic E-state index is 3.65. The molecule has 0 saturated carbocycles. The average Bonchev–Trinajstić information content (AvgIpc) is 2.28. The first-order valence-electron chi connectivity index (χ1n) is 7.82. The van der Waals surface area contributed by atoms with Crippen molar-refractivity contribution in [3.63, 3.8) is 0 Å². The Balaban J connectivity index is 2.54. The van der Waals surface area contributed by atoms with E-state index in [4.69, 9.17) is 0 Å². The van der Waals surface area contributed by atoms with Gasteiger partial charge in [0.15, 0.2) is 0 Å². The molecule has 0 amide bonds. The minimum atomic E-state index is 0.218. The maximum atomic E-state index is 3.65. The van der Waals surface area contributed by atoms with Crippen LogP contribution in [0.3, 0.4) is 0 Å². The van der Waals surface area contributed by atoms with E-state index in [1.165, 1.54) is 19.4 Å². The number of nitrogens with one attached hydrogen (secondary N) is 1. The molecular formula is C17H34N2. The maximum Gasteiger partial charge on any atom is 0.0221 e. The lowest BCUT2D eigenvalue weighted by Crippen LogP contribution is -2.48. The van der Waals surface area contributed by atoms with Crippen molar-refractivity contribution in [3.05, 3.63) is 11.6 Å². The highest BCUT2D eigenvalue weighted by atomic mass is 15.2. The summed E-state index contributed by atoms with van der Waals surface area (Å²) >= 11 is 0. The SMILES string of the molecule is CCC(CNC(C)(C)C)N1CC=C(C(C)(C)C)CC1. The monoisotopic (exact) mass is 266 g/mol. The molecule has 0 spiro atoms. The molecule has 1 unspecified atom stereocenters. The van der Waals surface area contributed by atoms with E-state index in [0.29, 0.717) is 11.5 Å². The summed E-state index contributed by atoms with van der Waals surface area (Å²) in [5, 5.41) is 3.65. The predicted molar refractivity (Wildman–Crippen MR) is 85.6 cm³/mol. The Bertz CT molecular complexity index is 304. The van der Waals surface area contributed by atoms with Crippen LogP contribution in [0.2, 0.25) is 0 Å². The molecule has 2 heteroatoms. The van der Waals surface area contributed by atoms with Crippen LogP contribution < -0.4 is 5.32 Å². The van der Waals surface area contributed by atoms with Crippen molar-refractivity contribution in [3.8, 4) is 0 Å². The van der Waals surface area contributed by atoms with E-state index < -0.39 is 0 Å². The van der Waals surface area contributed by atoms with Crippen LogP contribution in [0.5, 0.6) is 0 Å². The first kappa shape index (κ1) is 16.7. The Morgan fingerprint density at radius 1 is 1.21 bits per heavy atom. The summed E-state index contributed by atoms with van der Waals surface area (Å²) in [4.78, 5) is 2.63. The van der Waals surface area contributed by atoms with Crippen molar-refractivity contribution in [2.24, 2.45) is 5.41 Å². The van der Waals surface area contributed by atoms with Crippen molar-refractivity contribution >= 4 is 0 Å². The molecule has 0 aromatic heterocycles. The van der Waals surface area contributed by atoms with Crippen molar-refractivity contribution in [2.75, 3.05) is 19.6 Å².